The highest BCUT2D eigenvalue weighted by molar-refractivity contribution is 5.73. The Balaban J connectivity index is 2.47. The number of hydrogen-bond acceptors (Lipinski definition) is 4. The van der Waals surface area contributed by atoms with Gasteiger partial charge in [0.2, 0.25) is 0 Å². The van der Waals surface area contributed by atoms with Crippen LogP contribution in [0.3, 0.4) is 0 Å². The molecule has 0 spiro atoms. The summed E-state index contributed by atoms with van der Waals surface area (Å²) in [5.74, 6) is -0.500. The van der Waals surface area contributed by atoms with Gasteiger partial charge in [-0.2, -0.15) is 0 Å². The van der Waals surface area contributed by atoms with E-state index < -0.39 is 12.0 Å². The molecule has 1 N–H and O–H groups in total. The molecule has 1 unspecified atom stereocenters. The average molecular weight is 246 g/mol. The van der Waals surface area contributed by atoms with Gasteiger partial charge in [0, 0.05) is 6.20 Å². The van der Waals surface area contributed by atoms with Crippen molar-refractivity contribution in [3.63, 3.8) is 0 Å². The molecule has 0 saturated carbocycles. The van der Waals surface area contributed by atoms with E-state index in [1.165, 1.54) is 6.33 Å². The molecule has 0 aromatic carbocycles. The first-order valence-corrected chi connectivity index (χ1v) is 5.65. The number of carboxylic acids is 1. The Morgan fingerprint density at radius 3 is 2.72 bits per heavy atom. The van der Waals surface area contributed by atoms with Crippen LogP contribution >= 0.6 is 0 Å². The Morgan fingerprint density at radius 2 is 2.17 bits per heavy atom. The largest absolute Gasteiger partial charge is 0.480 e. The maximum Gasteiger partial charge on any atom is 0.327 e. The lowest BCUT2D eigenvalue weighted by molar-refractivity contribution is -0.142. The van der Waals surface area contributed by atoms with E-state index >= 15 is 0 Å². The van der Waals surface area contributed by atoms with Crippen molar-refractivity contribution in [2.75, 3.05) is 0 Å². The van der Waals surface area contributed by atoms with E-state index in [9.17, 15) is 9.90 Å². The van der Waals surface area contributed by atoms with E-state index in [2.05, 4.69) is 15.2 Å². The summed E-state index contributed by atoms with van der Waals surface area (Å²) in [7, 11) is 0. The highest BCUT2D eigenvalue weighted by Gasteiger charge is 2.26. The lowest BCUT2D eigenvalue weighted by Crippen LogP contribution is -2.24. The lowest BCUT2D eigenvalue weighted by atomic mass is 10.0. The van der Waals surface area contributed by atoms with Gasteiger partial charge in [-0.3, -0.25) is 9.55 Å². The van der Waals surface area contributed by atoms with E-state index in [0.29, 0.717) is 11.5 Å². The Kier molecular flexibility index (Phi) is 3.36. The third-order valence-electron chi connectivity index (χ3n) is 2.65. The summed E-state index contributed by atoms with van der Waals surface area (Å²) >= 11 is 0. The van der Waals surface area contributed by atoms with Gasteiger partial charge in [0.1, 0.15) is 18.1 Å². The minimum atomic E-state index is -0.901. The maximum absolute atomic E-state index is 11.3. The average Bonchev–Trinajstić information content (AvgIpc) is 2.78. The van der Waals surface area contributed by atoms with Crippen LogP contribution in [0.15, 0.2) is 30.7 Å². The van der Waals surface area contributed by atoms with Crippen LogP contribution in [0, 0.1) is 5.92 Å². The molecular formula is C12H14N4O2. The molecule has 2 aromatic heterocycles. The van der Waals surface area contributed by atoms with E-state index in [-0.39, 0.29) is 5.92 Å². The molecule has 1 atom stereocenters. The Bertz CT molecular complexity index is 536. The topological polar surface area (TPSA) is 80.9 Å². The molecule has 0 fully saturated rings. The summed E-state index contributed by atoms with van der Waals surface area (Å²) in [6.45, 7) is 3.70. The zero-order chi connectivity index (χ0) is 13.1. The number of pyridine rings is 1. The van der Waals surface area contributed by atoms with Crippen molar-refractivity contribution in [1.82, 2.24) is 19.7 Å². The first-order valence-electron chi connectivity index (χ1n) is 5.65. The van der Waals surface area contributed by atoms with Gasteiger partial charge in [0.15, 0.2) is 5.82 Å². The minimum Gasteiger partial charge on any atom is -0.480 e. The molecule has 0 saturated heterocycles. The second-order valence-corrected chi connectivity index (χ2v) is 4.30. The summed E-state index contributed by atoms with van der Waals surface area (Å²) in [6.07, 6.45) is 3.07. The Labute approximate surface area is 104 Å². The van der Waals surface area contributed by atoms with Crippen molar-refractivity contribution in [1.29, 1.82) is 0 Å². The molecule has 0 amide bonds. The SMILES string of the molecule is CC(C)C(C(=O)O)n1cnnc1-c1ccccn1. The number of nitrogens with zero attached hydrogens (tertiary/aromatic N) is 4. The smallest absolute Gasteiger partial charge is 0.327 e. The Hall–Kier alpha value is -2.24. The van der Waals surface area contributed by atoms with Gasteiger partial charge < -0.3 is 5.11 Å². The predicted molar refractivity (Wildman–Crippen MR) is 64.8 cm³/mol. The molecule has 0 aliphatic heterocycles. The lowest BCUT2D eigenvalue weighted by Gasteiger charge is -2.18. The maximum atomic E-state index is 11.3. The van der Waals surface area contributed by atoms with Gasteiger partial charge in [-0.15, -0.1) is 10.2 Å². The number of aromatic nitrogens is 4. The van der Waals surface area contributed by atoms with Crippen molar-refractivity contribution < 1.29 is 9.90 Å². The number of aliphatic carboxylic acids is 1. The van der Waals surface area contributed by atoms with E-state index in [4.69, 9.17) is 0 Å². The molecule has 0 radical (unpaired) electrons. The minimum absolute atomic E-state index is 0.0686. The van der Waals surface area contributed by atoms with Gasteiger partial charge >= 0.3 is 5.97 Å². The summed E-state index contributed by atoms with van der Waals surface area (Å²) in [5.41, 5.74) is 0.613. The highest BCUT2D eigenvalue weighted by atomic mass is 16.4. The molecule has 2 heterocycles. The zero-order valence-electron chi connectivity index (χ0n) is 10.2. The number of hydrogen-bond donors (Lipinski definition) is 1. The first kappa shape index (κ1) is 12.2. The molecular weight excluding hydrogens is 232 g/mol. The van der Waals surface area contributed by atoms with E-state index in [0.717, 1.165) is 0 Å². The second-order valence-electron chi connectivity index (χ2n) is 4.30. The molecule has 6 heteroatoms. The van der Waals surface area contributed by atoms with Crippen molar-refractivity contribution in [3.05, 3.63) is 30.7 Å². The van der Waals surface area contributed by atoms with Gasteiger partial charge in [-0.1, -0.05) is 19.9 Å². The van der Waals surface area contributed by atoms with Crippen LogP contribution in [0.5, 0.6) is 0 Å². The molecule has 0 aliphatic rings. The fourth-order valence-electron chi connectivity index (χ4n) is 1.85. The highest BCUT2D eigenvalue weighted by Crippen LogP contribution is 2.23. The molecule has 0 aliphatic carbocycles. The quantitative estimate of drug-likeness (QED) is 0.886. The van der Waals surface area contributed by atoms with Crippen LogP contribution in [0.25, 0.3) is 11.5 Å². The van der Waals surface area contributed by atoms with E-state index in [1.54, 1.807) is 22.9 Å². The van der Waals surface area contributed by atoms with Crippen molar-refractivity contribution in [3.8, 4) is 11.5 Å². The zero-order valence-corrected chi connectivity index (χ0v) is 10.2. The van der Waals surface area contributed by atoms with Gasteiger partial charge in [-0.05, 0) is 18.1 Å². The van der Waals surface area contributed by atoms with Gasteiger partial charge in [-0.25, -0.2) is 4.79 Å². The molecule has 94 valence electrons. The van der Waals surface area contributed by atoms with Gasteiger partial charge in [0.05, 0.1) is 0 Å². The van der Waals surface area contributed by atoms with Crippen LogP contribution in [0.2, 0.25) is 0 Å². The molecule has 18 heavy (non-hydrogen) atoms. The van der Waals surface area contributed by atoms with E-state index in [1.807, 2.05) is 19.9 Å². The monoisotopic (exact) mass is 246 g/mol. The third kappa shape index (κ3) is 2.22. The van der Waals surface area contributed by atoms with Crippen molar-refractivity contribution >= 4 is 5.97 Å². The third-order valence-corrected chi connectivity index (χ3v) is 2.65. The van der Waals surface area contributed by atoms with Crippen LogP contribution in [-0.2, 0) is 4.79 Å². The second kappa shape index (κ2) is 4.95. The fourth-order valence-corrected chi connectivity index (χ4v) is 1.85. The summed E-state index contributed by atoms with van der Waals surface area (Å²) in [5, 5.41) is 17.0. The van der Waals surface area contributed by atoms with Crippen LogP contribution in [0.1, 0.15) is 19.9 Å². The van der Waals surface area contributed by atoms with Crippen LogP contribution < -0.4 is 0 Å². The van der Waals surface area contributed by atoms with Crippen molar-refractivity contribution in [2.24, 2.45) is 5.92 Å². The predicted octanol–water partition coefficient (Wildman–Crippen LogP) is 1.62. The fraction of sp³-hybridized carbons (Fsp3) is 0.333. The number of carbonyl (C=O) groups is 1. The van der Waals surface area contributed by atoms with Gasteiger partial charge in [0.25, 0.3) is 0 Å². The Morgan fingerprint density at radius 1 is 1.39 bits per heavy atom. The van der Waals surface area contributed by atoms with Crippen molar-refractivity contribution in [2.45, 2.75) is 19.9 Å². The molecule has 2 aromatic rings. The number of carboxylic acid groups (broad SMARTS) is 1. The normalized spacial score (nSPS) is 12.6. The molecule has 0 bridgehead atoms. The number of rotatable bonds is 4. The van der Waals surface area contributed by atoms with Crippen LogP contribution in [0.4, 0.5) is 0 Å². The first-order chi connectivity index (χ1) is 8.61. The summed E-state index contributed by atoms with van der Waals surface area (Å²) in [4.78, 5) is 15.5. The summed E-state index contributed by atoms with van der Waals surface area (Å²) in [6, 6.07) is 4.70. The molecule has 2 rings (SSSR count). The summed E-state index contributed by atoms with van der Waals surface area (Å²) < 4.78 is 1.55. The molecule has 6 nitrogen and oxygen atoms in total. The van der Waals surface area contributed by atoms with Crippen LogP contribution in [-0.4, -0.2) is 30.8 Å². The standard InChI is InChI=1S/C12H14N4O2/c1-8(2)10(12(17)18)16-7-14-15-11(16)9-5-3-4-6-13-9/h3-8,10H,1-2H3,(H,17,18).